The quantitative estimate of drug-likeness (QED) is 0.546. The largest absolute Gasteiger partial charge is 0.506 e. The molecule has 6 heteroatoms. The molecule has 0 bridgehead atoms. The lowest BCUT2D eigenvalue weighted by Crippen LogP contribution is -2.17. The Balaban J connectivity index is 1.81. The summed E-state index contributed by atoms with van der Waals surface area (Å²) in [5, 5.41) is 15.8. The van der Waals surface area contributed by atoms with E-state index in [0.29, 0.717) is 22.4 Å². The van der Waals surface area contributed by atoms with Crippen LogP contribution in [-0.2, 0) is 0 Å². The van der Waals surface area contributed by atoms with Crippen LogP contribution in [0.5, 0.6) is 17.2 Å². The number of phenolic OH excluding ortho intramolecular Hbond substituents is 1. The van der Waals surface area contributed by atoms with Crippen LogP contribution < -0.4 is 14.9 Å². The molecule has 3 rings (SSSR count). The number of rotatable bonds is 5. The monoisotopic (exact) mass is 350 g/mol. The second kappa shape index (κ2) is 7.57. The van der Waals surface area contributed by atoms with Crippen molar-refractivity contribution in [2.24, 2.45) is 5.10 Å². The van der Waals surface area contributed by atoms with Gasteiger partial charge in [-0.25, -0.2) is 5.43 Å². The highest BCUT2D eigenvalue weighted by Crippen LogP contribution is 2.30. The fourth-order valence-corrected chi connectivity index (χ4v) is 2.67. The Kier molecular flexibility index (Phi) is 5.03. The van der Waals surface area contributed by atoms with E-state index in [4.69, 9.17) is 9.47 Å². The van der Waals surface area contributed by atoms with E-state index in [0.717, 1.165) is 5.39 Å². The minimum atomic E-state index is -0.508. The van der Waals surface area contributed by atoms with Crippen molar-refractivity contribution in [1.29, 1.82) is 0 Å². The molecule has 0 atom stereocenters. The van der Waals surface area contributed by atoms with Gasteiger partial charge < -0.3 is 14.6 Å². The summed E-state index contributed by atoms with van der Waals surface area (Å²) < 4.78 is 10.5. The van der Waals surface area contributed by atoms with Crippen molar-refractivity contribution in [3.63, 3.8) is 0 Å². The molecule has 0 aromatic heterocycles. The van der Waals surface area contributed by atoms with Gasteiger partial charge in [0.15, 0.2) is 11.5 Å². The number of fused-ring (bicyclic) bond motifs is 1. The maximum atomic E-state index is 12.3. The van der Waals surface area contributed by atoms with Gasteiger partial charge in [-0.3, -0.25) is 4.79 Å². The molecule has 132 valence electrons. The van der Waals surface area contributed by atoms with Gasteiger partial charge in [-0.15, -0.1) is 0 Å². The molecule has 26 heavy (non-hydrogen) atoms. The van der Waals surface area contributed by atoms with E-state index < -0.39 is 5.91 Å². The van der Waals surface area contributed by atoms with Gasteiger partial charge in [-0.05, 0) is 23.6 Å². The Morgan fingerprint density at radius 3 is 2.62 bits per heavy atom. The van der Waals surface area contributed by atoms with Crippen LogP contribution in [0.4, 0.5) is 0 Å². The van der Waals surface area contributed by atoms with Crippen LogP contribution in [0.15, 0.2) is 59.7 Å². The van der Waals surface area contributed by atoms with Gasteiger partial charge in [0, 0.05) is 10.9 Å². The number of hydrogen-bond donors (Lipinski definition) is 2. The van der Waals surface area contributed by atoms with Crippen LogP contribution in [-0.4, -0.2) is 31.4 Å². The fourth-order valence-electron chi connectivity index (χ4n) is 2.67. The maximum Gasteiger partial charge on any atom is 0.275 e. The minimum absolute atomic E-state index is 0.0743. The number of nitrogens with zero attached hydrogens (tertiary/aromatic N) is 1. The average Bonchev–Trinajstić information content (AvgIpc) is 2.68. The van der Waals surface area contributed by atoms with Gasteiger partial charge >= 0.3 is 0 Å². The first-order valence-corrected chi connectivity index (χ1v) is 7.91. The average molecular weight is 350 g/mol. The number of methoxy groups -OCH3 is 2. The topological polar surface area (TPSA) is 80.2 Å². The third-order valence-electron chi connectivity index (χ3n) is 3.95. The molecule has 3 aromatic carbocycles. The second-order valence-corrected chi connectivity index (χ2v) is 5.46. The molecule has 6 nitrogen and oxygen atoms in total. The van der Waals surface area contributed by atoms with E-state index in [1.165, 1.54) is 13.3 Å². The molecule has 0 aliphatic heterocycles. The molecular formula is C20H18N2O4. The van der Waals surface area contributed by atoms with Crippen molar-refractivity contribution in [3.05, 3.63) is 65.7 Å². The summed E-state index contributed by atoms with van der Waals surface area (Å²) in [6, 6.07) is 16.0. The number of carbonyl (C=O) groups is 1. The van der Waals surface area contributed by atoms with Gasteiger partial charge in [-0.2, -0.15) is 5.10 Å². The van der Waals surface area contributed by atoms with Crippen molar-refractivity contribution < 1.29 is 19.4 Å². The Morgan fingerprint density at radius 2 is 1.85 bits per heavy atom. The zero-order chi connectivity index (χ0) is 18.5. The van der Waals surface area contributed by atoms with Crippen molar-refractivity contribution in [1.82, 2.24) is 5.43 Å². The van der Waals surface area contributed by atoms with Gasteiger partial charge in [0.1, 0.15) is 5.75 Å². The lowest BCUT2D eigenvalue weighted by Gasteiger charge is -2.09. The summed E-state index contributed by atoms with van der Waals surface area (Å²) in [5.74, 6) is 0.498. The number of hydrazone groups is 1. The third kappa shape index (κ3) is 3.30. The molecule has 1 amide bonds. The molecule has 0 heterocycles. The lowest BCUT2D eigenvalue weighted by molar-refractivity contribution is 0.0952. The van der Waals surface area contributed by atoms with Crippen molar-refractivity contribution in [2.75, 3.05) is 14.2 Å². The zero-order valence-corrected chi connectivity index (χ0v) is 14.4. The number of aromatic hydroxyl groups is 1. The van der Waals surface area contributed by atoms with E-state index in [2.05, 4.69) is 10.5 Å². The minimum Gasteiger partial charge on any atom is -0.506 e. The summed E-state index contributed by atoms with van der Waals surface area (Å²) in [6.07, 6.45) is 1.46. The summed E-state index contributed by atoms with van der Waals surface area (Å²) >= 11 is 0. The molecule has 0 aliphatic carbocycles. The predicted molar refractivity (Wildman–Crippen MR) is 100 cm³/mol. The molecule has 0 spiro atoms. The molecule has 0 unspecified atom stereocenters. The Bertz CT molecular complexity index is 983. The number of phenols is 1. The molecule has 2 N–H and O–H groups in total. The highest BCUT2D eigenvalue weighted by atomic mass is 16.5. The Labute approximate surface area is 150 Å². The van der Waals surface area contributed by atoms with Crippen molar-refractivity contribution in [2.45, 2.75) is 0 Å². The standard InChI is InChI=1S/C20H18N2O4/c1-25-17-9-5-7-14(19(17)26-2)12-21-22-20(24)16-11-10-13-6-3-4-8-15(13)18(16)23/h3-12,23H,1-2H3,(H,22,24)/b21-12-. The van der Waals surface area contributed by atoms with Crippen LogP contribution in [0.1, 0.15) is 15.9 Å². The number of carbonyl (C=O) groups excluding carboxylic acids is 1. The molecule has 0 fully saturated rings. The van der Waals surface area contributed by atoms with Crippen LogP contribution in [0.3, 0.4) is 0 Å². The number of ether oxygens (including phenoxy) is 2. The van der Waals surface area contributed by atoms with Crippen LogP contribution in [0.2, 0.25) is 0 Å². The van der Waals surface area contributed by atoms with Gasteiger partial charge in [0.2, 0.25) is 0 Å². The first-order chi connectivity index (χ1) is 12.7. The van der Waals surface area contributed by atoms with E-state index >= 15 is 0 Å². The van der Waals surface area contributed by atoms with Crippen LogP contribution >= 0.6 is 0 Å². The molecule has 0 aliphatic rings. The second-order valence-electron chi connectivity index (χ2n) is 5.46. The number of para-hydroxylation sites is 1. The van der Waals surface area contributed by atoms with E-state index in [1.807, 2.05) is 12.1 Å². The molecule has 0 saturated carbocycles. The number of benzene rings is 3. The van der Waals surface area contributed by atoms with E-state index in [-0.39, 0.29) is 11.3 Å². The van der Waals surface area contributed by atoms with Crippen LogP contribution in [0.25, 0.3) is 10.8 Å². The smallest absolute Gasteiger partial charge is 0.275 e. The van der Waals surface area contributed by atoms with Crippen LogP contribution in [0, 0.1) is 0 Å². The number of amides is 1. The molecular weight excluding hydrogens is 332 g/mol. The maximum absolute atomic E-state index is 12.3. The SMILES string of the molecule is COc1cccc(/C=N\NC(=O)c2ccc3ccccc3c2O)c1OC. The number of nitrogens with one attached hydrogen (secondary N) is 1. The Morgan fingerprint density at radius 1 is 1.04 bits per heavy atom. The molecule has 0 saturated heterocycles. The summed E-state index contributed by atoms with van der Waals surface area (Å²) in [5.41, 5.74) is 3.22. The van der Waals surface area contributed by atoms with Gasteiger partial charge in [0.25, 0.3) is 5.91 Å². The highest BCUT2D eigenvalue weighted by molar-refractivity contribution is 6.03. The number of hydrogen-bond acceptors (Lipinski definition) is 5. The lowest BCUT2D eigenvalue weighted by atomic mass is 10.1. The fraction of sp³-hybridized carbons (Fsp3) is 0.100. The predicted octanol–water partition coefficient (Wildman–Crippen LogP) is 3.33. The summed E-state index contributed by atoms with van der Waals surface area (Å²) in [6.45, 7) is 0. The summed E-state index contributed by atoms with van der Waals surface area (Å²) in [4.78, 5) is 12.3. The first-order valence-electron chi connectivity index (χ1n) is 7.91. The molecule has 3 aromatic rings. The van der Waals surface area contributed by atoms with E-state index in [9.17, 15) is 9.90 Å². The van der Waals surface area contributed by atoms with Crippen molar-refractivity contribution in [3.8, 4) is 17.2 Å². The Hall–Kier alpha value is -3.54. The van der Waals surface area contributed by atoms with Crippen molar-refractivity contribution >= 4 is 22.9 Å². The first kappa shape index (κ1) is 17.3. The zero-order valence-electron chi connectivity index (χ0n) is 14.4. The van der Waals surface area contributed by atoms with E-state index in [1.54, 1.807) is 49.6 Å². The highest BCUT2D eigenvalue weighted by Gasteiger charge is 2.13. The van der Waals surface area contributed by atoms with Gasteiger partial charge in [-0.1, -0.05) is 36.4 Å². The summed E-state index contributed by atoms with van der Waals surface area (Å²) in [7, 11) is 3.07. The third-order valence-corrected chi connectivity index (χ3v) is 3.95. The van der Waals surface area contributed by atoms with Gasteiger partial charge in [0.05, 0.1) is 26.0 Å². The molecule has 0 radical (unpaired) electrons. The normalized spacial score (nSPS) is 10.8.